The summed E-state index contributed by atoms with van der Waals surface area (Å²) in [5.41, 5.74) is 9.08. The second-order valence-electron chi connectivity index (χ2n) is 3.84. The first-order valence-corrected chi connectivity index (χ1v) is 6.26. The van der Waals surface area contributed by atoms with Gasteiger partial charge in [-0.3, -0.25) is 4.79 Å². The quantitative estimate of drug-likeness (QED) is 0.643. The molecule has 0 amide bonds. The smallest absolute Gasteiger partial charge is 0.161 e. The standard InChI is InChI=1S/C13H14N2OS/c1-9(16)12-3-2-11(6-13(12)14)15-7-10-4-5-17-8-10/h2-6,8,15H,7,14H2,1H3. The zero-order chi connectivity index (χ0) is 12.3. The Kier molecular flexibility index (Phi) is 3.44. The molecule has 17 heavy (non-hydrogen) atoms. The summed E-state index contributed by atoms with van der Waals surface area (Å²) in [5.74, 6) is -0.00751. The number of carbonyl (C=O) groups is 1. The maximum Gasteiger partial charge on any atom is 0.161 e. The number of nitrogens with two attached hydrogens (primary N) is 1. The summed E-state index contributed by atoms with van der Waals surface area (Å²) in [4.78, 5) is 11.2. The van der Waals surface area contributed by atoms with Crippen LogP contribution >= 0.6 is 11.3 Å². The Balaban J connectivity index is 2.07. The van der Waals surface area contributed by atoms with Crippen molar-refractivity contribution < 1.29 is 4.79 Å². The number of carbonyl (C=O) groups excluding carboxylic acids is 1. The molecule has 0 aliphatic heterocycles. The summed E-state index contributed by atoms with van der Waals surface area (Å²) in [6.07, 6.45) is 0. The van der Waals surface area contributed by atoms with Crippen LogP contribution in [0.15, 0.2) is 35.0 Å². The van der Waals surface area contributed by atoms with Crippen LogP contribution in [-0.4, -0.2) is 5.78 Å². The minimum atomic E-state index is -0.00751. The van der Waals surface area contributed by atoms with Crippen molar-refractivity contribution in [3.63, 3.8) is 0 Å². The molecule has 0 aliphatic rings. The lowest BCUT2D eigenvalue weighted by atomic mass is 10.1. The van der Waals surface area contributed by atoms with Crippen LogP contribution in [-0.2, 0) is 6.54 Å². The topological polar surface area (TPSA) is 55.1 Å². The maximum absolute atomic E-state index is 11.2. The number of ketones is 1. The largest absolute Gasteiger partial charge is 0.398 e. The van der Waals surface area contributed by atoms with Gasteiger partial charge in [0.15, 0.2) is 5.78 Å². The molecular formula is C13H14N2OS. The number of thiophene rings is 1. The number of nitrogen functional groups attached to an aromatic ring is 1. The first kappa shape index (κ1) is 11.7. The second-order valence-corrected chi connectivity index (χ2v) is 4.62. The minimum Gasteiger partial charge on any atom is -0.398 e. The highest BCUT2D eigenvalue weighted by Crippen LogP contribution is 2.19. The Hall–Kier alpha value is -1.81. The van der Waals surface area contributed by atoms with E-state index >= 15 is 0 Å². The molecule has 2 aromatic rings. The number of hydrogen-bond donors (Lipinski definition) is 2. The van der Waals surface area contributed by atoms with Gasteiger partial charge < -0.3 is 11.1 Å². The van der Waals surface area contributed by atoms with Gasteiger partial charge in [-0.1, -0.05) is 0 Å². The van der Waals surface area contributed by atoms with E-state index in [0.717, 1.165) is 12.2 Å². The summed E-state index contributed by atoms with van der Waals surface area (Å²) < 4.78 is 0. The summed E-state index contributed by atoms with van der Waals surface area (Å²) in [5, 5.41) is 7.41. The van der Waals surface area contributed by atoms with E-state index in [-0.39, 0.29) is 5.78 Å². The van der Waals surface area contributed by atoms with Crippen molar-refractivity contribution >= 4 is 28.5 Å². The third kappa shape index (κ3) is 2.85. The zero-order valence-electron chi connectivity index (χ0n) is 9.57. The minimum absolute atomic E-state index is 0.00751. The Morgan fingerprint density at radius 2 is 2.24 bits per heavy atom. The van der Waals surface area contributed by atoms with Gasteiger partial charge in [-0.2, -0.15) is 11.3 Å². The molecule has 4 heteroatoms. The monoisotopic (exact) mass is 246 g/mol. The summed E-state index contributed by atoms with van der Waals surface area (Å²) in [7, 11) is 0. The molecule has 0 saturated heterocycles. The van der Waals surface area contributed by atoms with E-state index in [1.54, 1.807) is 23.5 Å². The lowest BCUT2D eigenvalue weighted by Crippen LogP contribution is -2.03. The number of Topliss-reactive ketones (excluding diaryl/α,β-unsaturated/α-hetero) is 1. The number of benzene rings is 1. The molecule has 0 radical (unpaired) electrons. The fraction of sp³-hybridized carbons (Fsp3) is 0.154. The zero-order valence-corrected chi connectivity index (χ0v) is 10.4. The van der Waals surface area contributed by atoms with E-state index < -0.39 is 0 Å². The average molecular weight is 246 g/mol. The van der Waals surface area contributed by atoms with Crippen molar-refractivity contribution in [1.29, 1.82) is 0 Å². The molecule has 3 N–H and O–H groups in total. The molecule has 1 aromatic carbocycles. The third-order valence-corrected chi connectivity index (χ3v) is 3.24. The normalized spacial score (nSPS) is 10.2. The average Bonchev–Trinajstić information content (AvgIpc) is 2.78. The first-order valence-electron chi connectivity index (χ1n) is 5.32. The number of rotatable bonds is 4. The predicted molar refractivity (Wildman–Crippen MR) is 72.5 cm³/mol. The van der Waals surface area contributed by atoms with Crippen molar-refractivity contribution in [1.82, 2.24) is 0 Å². The Bertz CT molecular complexity index is 520. The molecule has 1 aromatic heterocycles. The Labute approximate surface area is 104 Å². The lowest BCUT2D eigenvalue weighted by Gasteiger charge is -2.08. The van der Waals surface area contributed by atoms with Crippen LogP contribution in [0.5, 0.6) is 0 Å². The SMILES string of the molecule is CC(=O)c1ccc(NCc2ccsc2)cc1N. The molecule has 0 unspecified atom stereocenters. The van der Waals surface area contributed by atoms with Gasteiger partial charge in [0.25, 0.3) is 0 Å². The second kappa shape index (κ2) is 5.01. The van der Waals surface area contributed by atoms with Crippen molar-refractivity contribution in [2.24, 2.45) is 0 Å². The molecule has 1 heterocycles. The van der Waals surface area contributed by atoms with Crippen LogP contribution in [0.2, 0.25) is 0 Å². The van der Waals surface area contributed by atoms with Crippen molar-refractivity contribution in [2.45, 2.75) is 13.5 Å². The molecule has 3 nitrogen and oxygen atoms in total. The summed E-state index contributed by atoms with van der Waals surface area (Å²) in [6, 6.07) is 7.50. The molecule has 0 saturated carbocycles. The lowest BCUT2D eigenvalue weighted by molar-refractivity contribution is 0.101. The summed E-state index contributed by atoms with van der Waals surface area (Å²) >= 11 is 1.67. The fourth-order valence-electron chi connectivity index (χ4n) is 1.59. The van der Waals surface area contributed by atoms with Crippen LogP contribution in [0.25, 0.3) is 0 Å². The van der Waals surface area contributed by atoms with Gasteiger partial charge >= 0.3 is 0 Å². The van der Waals surface area contributed by atoms with E-state index in [1.807, 2.05) is 11.4 Å². The number of anilines is 2. The van der Waals surface area contributed by atoms with Gasteiger partial charge in [-0.15, -0.1) is 0 Å². The molecule has 0 fully saturated rings. The van der Waals surface area contributed by atoms with Gasteiger partial charge in [0.2, 0.25) is 0 Å². The van der Waals surface area contributed by atoms with Gasteiger partial charge in [0.1, 0.15) is 0 Å². The molecule has 88 valence electrons. The van der Waals surface area contributed by atoms with E-state index in [9.17, 15) is 4.79 Å². The number of hydrogen-bond acceptors (Lipinski definition) is 4. The van der Waals surface area contributed by atoms with Gasteiger partial charge in [0, 0.05) is 23.5 Å². The Morgan fingerprint density at radius 1 is 1.41 bits per heavy atom. The van der Waals surface area contributed by atoms with Crippen LogP contribution in [0, 0.1) is 0 Å². The molecular weight excluding hydrogens is 232 g/mol. The third-order valence-electron chi connectivity index (χ3n) is 2.51. The van der Waals surface area contributed by atoms with E-state index in [0.29, 0.717) is 11.3 Å². The highest BCUT2D eigenvalue weighted by atomic mass is 32.1. The molecule has 0 bridgehead atoms. The van der Waals surface area contributed by atoms with Crippen molar-refractivity contribution in [2.75, 3.05) is 11.1 Å². The van der Waals surface area contributed by atoms with E-state index in [4.69, 9.17) is 5.73 Å². The van der Waals surface area contributed by atoms with Crippen LogP contribution in [0.3, 0.4) is 0 Å². The molecule has 0 aliphatic carbocycles. The van der Waals surface area contributed by atoms with Crippen molar-refractivity contribution in [3.8, 4) is 0 Å². The maximum atomic E-state index is 11.2. The highest BCUT2D eigenvalue weighted by Gasteiger charge is 2.05. The van der Waals surface area contributed by atoms with Crippen LogP contribution in [0.4, 0.5) is 11.4 Å². The van der Waals surface area contributed by atoms with Gasteiger partial charge in [0.05, 0.1) is 0 Å². The van der Waals surface area contributed by atoms with Gasteiger partial charge in [-0.25, -0.2) is 0 Å². The van der Waals surface area contributed by atoms with Gasteiger partial charge in [-0.05, 0) is 47.5 Å². The molecule has 2 rings (SSSR count). The van der Waals surface area contributed by atoms with Crippen LogP contribution < -0.4 is 11.1 Å². The van der Waals surface area contributed by atoms with Crippen molar-refractivity contribution in [3.05, 3.63) is 46.2 Å². The molecule has 0 atom stereocenters. The highest BCUT2D eigenvalue weighted by molar-refractivity contribution is 7.07. The number of nitrogens with one attached hydrogen (secondary N) is 1. The molecule has 0 spiro atoms. The summed E-state index contributed by atoms with van der Waals surface area (Å²) in [6.45, 7) is 2.28. The predicted octanol–water partition coefficient (Wildman–Crippen LogP) is 3.15. The van der Waals surface area contributed by atoms with Crippen LogP contribution in [0.1, 0.15) is 22.8 Å². The van der Waals surface area contributed by atoms with E-state index in [1.165, 1.54) is 12.5 Å². The van der Waals surface area contributed by atoms with E-state index in [2.05, 4.69) is 16.8 Å². The first-order chi connectivity index (χ1) is 8.16. The fourth-order valence-corrected chi connectivity index (χ4v) is 2.26. The Morgan fingerprint density at radius 3 is 2.82 bits per heavy atom.